The van der Waals surface area contributed by atoms with Crippen LogP contribution in [0, 0.1) is 12.8 Å². The van der Waals surface area contributed by atoms with Crippen molar-refractivity contribution in [1.29, 1.82) is 0 Å². The Kier molecular flexibility index (Phi) is 5.35. The Bertz CT molecular complexity index is 869. The SMILES string of the molecule is CC(=O)N1CCCC(C(=O)N2CCN(Cc3c(C)nc4ccccn34)CC2)C1. The van der Waals surface area contributed by atoms with Crippen LogP contribution in [-0.2, 0) is 16.1 Å². The molecule has 2 aromatic heterocycles. The van der Waals surface area contributed by atoms with E-state index in [4.69, 9.17) is 0 Å². The van der Waals surface area contributed by atoms with E-state index in [1.807, 2.05) is 28.0 Å². The highest BCUT2D eigenvalue weighted by molar-refractivity contribution is 5.81. The van der Waals surface area contributed by atoms with Crippen LogP contribution in [0.15, 0.2) is 24.4 Å². The number of aryl methyl sites for hydroxylation is 1. The Morgan fingerprint density at radius 3 is 2.64 bits per heavy atom. The van der Waals surface area contributed by atoms with E-state index in [-0.39, 0.29) is 17.7 Å². The highest BCUT2D eigenvalue weighted by atomic mass is 16.2. The zero-order valence-corrected chi connectivity index (χ0v) is 16.8. The summed E-state index contributed by atoms with van der Waals surface area (Å²) in [4.78, 5) is 35.4. The van der Waals surface area contributed by atoms with Crippen LogP contribution >= 0.6 is 0 Å². The van der Waals surface area contributed by atoms with Crippen molar-refractivity contribution in [1.82, 2.24) is 24.1 Å². The van der Waals surface area contributed by atoms with Crippen LogP contribution in [0.3, 0.4) is 0 Å². The van der Waals surface area contributed by atoms with Crippen LogP contribution in [0.25, 0.3) is 5.65 Å². The molecular weight excluding hydrogens is 354 g/mol. The fourth-order valence-corrected chi connectivity index (χ4v) is 4.42. The molecule has 0 aliphatic carbocycles. The second-order valence-corrected chi connectivity index (χ2v) is 7.98. The van der Waals surface area contributed by atoms with E-state index in [2.05, 4.69) is 27.4 Å². The number of piperazine rings is 1. The number of nitrogens with zero attached hydrogens (tertiary/aromatic N) is 5. The van der Waals surface area contributed by atoms with E-state index in [0.29, 0.717) is 6.54 Å². The summed E-state index contributed by atoms with van der Waals surface area (Å²) in [5.74, 6) is 0.257. The zero-order valence-electron chi connectivity index (χ0n) is 16.8. The largest absolute Gasteiger partial charge is 0.342 e. The maximum atomic E-state index is 12.9. The van der Waals surface area contributed by atoms with Crippen LogP contribution in [-0.4, -0.2) is 75.2 Å². The number of piperidine rings is 1. The highest BCUT2D eigenvalue weighted by Gasteiger charge is 2.32. The molecule has 0 saturated carbocycles. The van der Waals surface area contributed by atoms with Gasteiger partial charge >= 0.3 is 0 Å². The lowest BCUT2D eigenvalue weighted by atomic mass is 9.96. The van der Waals surface area contributed by atoms with Gasteiger partial charge in [-0.05, 0) is 31.9 Å². The highest BCUT2D eigenvalue weighted by Crippen LogP contribution is 2.21. The summed E-state index contributed by atoms with van der Waals surface area (Å²) in [7, 11) is 0. The minimum absolute atomic E-state index is 0.0368. The first-order valence-corrected chi connectivity index (χ1v) is 10.2. The molecule has 2 aromatic rings. The third-order valence-corrected chi connectivity index (χ3v) is 6.10. The fraction of sp³-hybridized carbons (Fsp3) is 0.571. The molecule has 1 atom stereocenters. The molecule has 0 bridgehead atoms. The van der Waals surface area contributed by atoms with Crippen LogP contribution < -0.4 is 0 Å². The van der Waals surface area contributed by atoms with E-state index in [0.717, 1.165) is 63.5 Å². The first-order valence-electron chi connectivity index (χ1n) is 10.2. The van der Waals surface area contributed by atoms with Crippen molar-refractivity contribution >= 4 is 17.5 Å². The number of rotatable bonds is 3. The molecule has 28 heavy (non-hydrogen) atoms. The molecular formula is C21H29N5O2. The normalized spacial score (nSPS) is 21.3. The first kappa shape index (κ1) is 18.9. The second kappa shape index (κ2) is 7.91. The molecule has 0 N–H and O–H groups in total. The molecule has 2 amide bonds. The van der Waals surface area contributed by atoms with E-state index in [1.54, 1.807) is 6.92 Å². The third kappa shape index (κ3) is 3.76. The van der Waals surface area contributed by atoms with Gasteiger partial charge in [0.05, 0.1) is 17.3 Å². The summed E-state index contributed by atoms with van der Waals surface area (Å²) in [5, 5.41) is 0. The summed E-state index contributed by atoms with van der Waals surface area (Å²) >= 11 is 0. The van der Waals surface area contributed by atoms with Gasteiger partial charge in [0.15, 0.2) is 0 Å². The van der Waals surface area contributed by atoms with E-state index < -0.39 is 0 Å². The molecule has 4 heterocycles. The monoisotopic (exact) mass is 383 g/mol. The molecule has 2 fully saturated rings. The van der Waals surface area contributed by atoms with Crippen molar-refractivity contribution in [2.24, 2.45) is 5.92 Å². The van der Waals surface area contributed by atoms with Gasteiger partial charge < -0.3 is 14.2 Å². The molecule has 0 spiro atoms. The lowest BCUT2D eigenvalue weighted by molar-refractivity contribution is -0.141. The molecule has 0 radical (unpaired) electrons. The van der Waals surface area contributed by atoms with Gasteiger partial charge in [0.25, 0.3) is 0 Å². The average Bonchev–Trinajstić information content (AvgIpc) is 3.03. The molecule has 2 saturated heterocycles. The van der Waals surface area contributed by atoms with Crippen LogP contribution in [0.1, 0.15) is 31.2 Å². The maximum absolute atomic E-state index is 12.9. The standard InChI is InChI=1S/C21H29N5O2/c1-16-19(26-9-4-3-7-20(26)22-16)15-23-10-12-24(13-11-23)21(28)18-6-5-8-25(14-18)17(2)27/h3-4,7,9,18H,5-6,8,10-15H2,1-2H3. The Morgan fingerprint density at radius 1 is 1.11 bits per heavy atom. The van der Waals surface area contributed by atoms with Crippen molar-refractivity contribution in [3.63, 3.8) is 0 Å². The van der Waals surface area contributed by atoms with Crippen molar-refractivity contribution in [2.75, 3.05) is 39.3 Å². The minimum atomic E-state index is -0.0368. The number of carbonyl (C=O) groups excluding carboxylic acids is 2. The fourth-order valence-electron chi connectivity index (χ4n) is 4.42. The van der Waals surface area contributed by atoms with Crippen LogP contribution in [0.4, 0.5) is 0 Å². The molecule has 7 heteroatoms. The van der Waals surface area contributed by atoms with E-state index in [1.165, 1.54) is 5.69 Å². The number of carbonyl (C=O) groups is 2. The maximum Gasteiger partial charge on any atom is 0.227 e. The van der Waals surface area contributed by atoms with Gasteiger partial charge in [-0.3, -0.25) is 14.5 Å². The Balaban J connectivity index is 1.35. The number of hydrogen-bond donors (Lipinski definition) is 0. The summed E-state index contributed by atoms with van der Waals surface area (Å²) in [6, 6.07) is 6.07. The summed E-state index contributed by atoms with van der Waals surface area (Å²) in [5.41, 5.74) is 3.27. The third-order valence-electron chi connectivity index (χ3n) is 6.10. The van der Waals surface area contributed by atoms with Gasteiger partial charge in [-0.1, -0.05) is 6.07 Å². The van der Waals surface area contributed by atoms with Crippen molar-refractivity contribution in [3.8, 4) is 0 Å². The quantitative estimate of drug-likeness (QED) is 0.807. The molecule has 2 aliphatic rings. The second-order valence-electron chi connectivity index (χ2n) is 7.98. The van der Waals surface area contributed by atoms with Crippen molar-refractivity contribution in [2.45, 2.75) is 33.2 Å². The summed E-state index contributed by atoms with van der Waals surface area (Å²) in [6.45, 7) is 9.11. The lowest BCUT2D eigenvalue weighted by Gasteiger charge is -2.38. The average molecular weight is 383 g/mol. The predicted octanol–water partition coefficient (Wildman–Crippen LogP) is 1.55. The molecule has 0 aromatic carbocycles. The number of imidazole rings is 1. The molecule has 2 aliphatic heterocycles. The predicted molar refractivity (Wildman–Crippen MR) is 107 cm³/mol. The van der Waals surface area contributed by atoms with Crippen LogP contribution in [0.5, 0.6) is 0 Å². The Hall–Kier alpha value is -2.41. The van der Waals surface area contributed by atoms with Gasteiger partial charge in [0.1, 0.15) is 5.65 Å². The first-order chi connectivity index (χ1) is 13.5. The zero-order chi connectivity index (χ0) is 19.7. The Labute approximate surface area is 165 Å². The van der Waals surface area contributed by atoms with Gasteiger partial charge in [-0.15, -0.1) is 0 Å². The van der Waals surface area contributed by atoms with Gasteiger partial charge in [-0.25, -0.2) is 4.98 Å². The molecule has 150 valence electrons. The van der Waals surface area contributed by atoms with E-state index >= 15 is 0 Å². The number of pyridine rings is 1. The van der Waals surface area contributed by atoms with E-state index in [9.17, 15) is 9.59 Å². The smallest absolute Gasteiger partial charge is 0.227 e. The number of fused-ring (bicyclic) bond motifs is 1. The molecule has 1 unspecified atom stereocenters. The number of likely N-dealkylation sites (tertiary alicyclic amines) is 1. The van der Waals surface area contributed by atoms with Crippen molar-refractivity contribution < 1.29 is 9.59 Å². The van der Waals surface area contributed by atoms with Gasteiger partial charge in [-0.2, -0.15) is 0 Å². The molecule has 7 nitrogen and oxygen atoms in total. The minimum Gasteiger partial charge on any atom is -0.342 e. The topological polar surface area (TPSA) is 61.2 Å². The number of aromatic nitrogens is 2. The molecule has 4 rings (SSSR count). The summed E-state index contributed by atoms with van der Waals surface area (Å²) in [6.07, 6.45) is 3.88. The Morgan fingerprint density at radius 2 is 1.89 bits per heavy atom. The van der Waals surface area contributed by atoms with Crippen molar-refractivity contribution in [3.05, 3.63) is 35.8 Å². The lowest BCUT2D eigenvalue weighted by Crippen LogP contribution is -2.52. The van der Waals surface area contributed by atoms with Crippen LogP contribution in [0.2, 0.25) is 0 Å². The summed E-state index contributed by atoms with van der Waals surface area (Å²) < 4.78 is 2.16. The number of amides is 2. The van der Waals surface area contributed by atoms with Gasteiger partial charge in [0.2, 0.25) is 11.8 Å². The number of hydrogen-bond acceptors (Lipinski definition) is 4. The van der Waals surface area contributed by atoms with Gasteiger partial charge in [0, 0.05) is 58.9 Å².